The number of hydrogen-bond donors (Lipinski definition) is 3. The molecule has 1 saturated heterocycles. The first-order chi connectivity index (χ1) is 15.2. The largest absolute Gasteiger partial charge is 0.367 e. The van der Waals surface area contributed by atoms with Gasteiger partial charge < -0.3 is 20.9 Å². The van der Waals surface area contributed by atoms with Gasteiger partial charge in [-0.15, -0.1) is 0 Å². The number of guanidine groups is 1. The van der Waals surface area contributed by atoms with E-state index >= 15 is 0 Å². The van der Waals surface area contributed by atoms with Crippen LogP contribution in [0.5, 0.6) is 0 Å². The number of pyridine rings is 1. The second-order valence-electron chi connectivity index (χ2n) is 7.30. The molecule has 4 heterocycles. The van der Waals surface area contributed by atoms with Crippen molar-refractivity contribution in [2.24, 2.45) is 12.0 Å². The van der Waals surface area contributed by atoms with Gasteiger partial charge in [0, 0.05) is 45.5 Å². The molecule has 31 heavy (non-hydrogen) atoms. The molecular formula is C20H27FN10. The molecule has 3 aromatic heterocycles. The molecule has 0 radical (unpaired) electrons. The summed E-state index contributed by atoms with van der Waals surface area (Å²) in [6.45, 7) is 5.39. The van der Waals surface area contributed by atoms with E-state index in [-0.39, 0.29) is 11.9 Å². The maximum atomic E-state index is 14.0. The van der Waals surface area contributed by atoms with Gasteiger partial charge in [-0.2, -0.15) is 5.10 Å². The fourth-order valence-corrected chi connectivity index (χ4v) is 3.64. The summed E-state index contributed by atoms with van der Waals surface area (Å²) in [5.74, 6) is 1.61. The molecule has 4 rings (SSSR count). The van der Waals surface area contributed by atoms with Crippen LogP contribution >= 0.6 is 0 Å². The Balaban J connectivity index is 1.32. The number of aromatic nitrogens is 5. The lowest BCUT2D eigenvalue weighted by Gasteiger charge is -2.20. The molecule has 0 bridgehead atoms. The second kappa shape index (κ2) is 9.54. The Morgan fingerprint density at radius 1 is 1.32 bits per heavy atom. The van der Waals surface area contributed by atoms with E-state index in [1.54, 1.807) is 23.1 Å². The van der Waals surface area contributed by atoms with Gasteiger partial charge in [0.2, 0.25) is 0 Å². The first kappa shape index (κ1) is 20.8. The highest BCUT2D eigenvalue weighted by atomic mass is 19.1. The summed E-state index contributed by atoms with van der Waals surface area (Å²) in [6, 6.07) is 3.22. The third-order valence-electron chi connectivity index (χ3n) is 5.12. The molecule has 1 fully saturated rings. The number of nitrogens with zero attached hydrogens (tertiary/aromatic N) is 7. The topological polar surface area (TPSA) is 108 Å². The van der Waals surface area contributed by atoms with Crippen LogP contribution < -0.4 is 20.9 Å². The molecule has 0 aromatic carbocycles. The predicted molar refractivity (Wildman–Crippen MR) is 119 cm³/mol. The van der Waals surface area contributed by atoms with Gasteiger partial charge >= 0.3 is 0 Å². The van der Waals surface area contributed by atoms with Crippen molar-refractivity contribution >= 4 is 28.6 Å². The van der Waals surface area contributed by atoms with E-state index in [0.717, 1.165) is 42.3 Å². The van der Waals surface area contributed by atoms with Gasteiger partial charge in [-0.3, -0.25) is 9.67 Å². The lowest BCUT2D eigenvalue weighted by Crippen LogP contribution is -2.45. The Bertz CT molecular complexity index is 1050. The second-order valence-corrected chi connectivity index (χ2v) is 7.30. The standard InChI is InChI=1S/C20H27FN10/c1-3-22-20(29-14-6-10-31(12-14)19-16(21)5-4-7-24-19)25-9-8-23-17-15-11-28-30(2)18(15)27-13-26-17/h4-5,7,11,13-14H,3,6,8-10,12H2,1-2H3,(H2,22,25,29)(H,23,26,27). The zero-order valence-corrected chi connectivity index (χ0v) is 17.7. The van der Waals surface area contributed by atoms with Crippen molar-refractivity contribution in [2.75, 3.05) is 42.9 Å². The van der Waals surface area contributed by atoms with E-state index in [4.69, 9.17) is 0 Å². The Morgan fingerprint density at radius 2 is 2.23 bits per heavy atom. The molecule has 1 unspecified atom stereocenters. The minimum atomic E-state index is -0.290. The molecule has 1 atom stereocenters. The molecule has 1 aliphatic heterocycles. The summed E-state index contributed by atoms with van der Waals surface area (Å²) in [7, 11) is 1.85. The van der Waals surface area contributed by atoms with Gasteiger partial charge in [0.15, 0.2) is 23.2 Å². The number of rotatable bonds is 7. The van der Waals surface area contributed by atoms with Gasteiger partial charge in [0.1, 0.15) is 12.1 Å². The zero-order valence-electron chi connectivity index (χ0n) is 17.7. The lowest BCUT2D eigenvalue weighted by molar-refractivity contribution is 0.612. The third-order valence-corrected chi connectivity index (χ3v) is 5.12. The minimum Gasteiger partial charge on any atom is -0.367 e. The highest BCUT2D eigenvalue weighted by molar-refractivity contribution is 5.86. The molecule has 11 heteroatoms. The maximum Gasteiger partial charge on any atom is 0.191 e. The fraction of sp³-hybridized carbons (Fsp3) is 0.450. The summed E-state index contributed by atoms with van der Waals surface area (Å²) in [5.41, 5.74) is 0.783. The van der Waals surface area contributed by atoms with E-state index in [9.17, 15) is 4.39 Å². The van der Waals surface area contributed by atoms with Crippen molar-refractivity contribution in [1.82, 2.24) is 35.4 Å². The van der Waals surface area contributed by atoms with E-state index in [1.807, 2.05) is 18.9 Å². The molecule has 3 N–H and O–H groups in total. The van der Waals surface area contributed by atoms with Crippen LogP contribution in [0.4, 0.5) is 16.0 Å². The average Bonchev–Trinajstić information content (AvgIpc) is 3.39. The Labute approximate surface area is 180 Å². The van der Waals surface area contributed by atoms with Crippen molar-refractivity contribution in [2.45, 2.75) is 19.4 Å². The van der Waals surface area contributed by atoms with E-state index in [0.29, 0.717) is 25.5 Å². The lowest BCUT2D eigenvalue weighted by atomic mass is 10.3. The number of halogens is 1. The average molecular weight is 427 g/mol. The number of anilines is 2. The summed E-state index contributed by atoms with van der Waals surface area (Å²) in [5, 5.41) is 15.1. The van der Waals surface area contributed by atoms with E-state index in [1.165, 1.54) is 12.4 Å². The molecule has 0 aliphatic carbocycles. The van der Waals surface area contributed by atoms with Gasteiger partial charge in [-0.25, -0.2) is 19.3 Å². The van der Waals surface area contributed by atoms with Gasteiger partial charge in [-0.1, -0.05) is 0 Å². The first-order valence-electron chi connectivity index (χ1n) is 10.4. The highest BCUT2D eigenvalue weighted by Gasteiger charge is 2.25. The third kappa shape index (κ3) is 4.81. The van der Waals surface area contributed by atoms with Crippen LogP contribution in [-0.4, -0.2) is 69.5 Å². The van der Waals surface area contributed by atoms with Crippen molar-refractivity contribution in [3.63, 3.8) is 0 Å². The molecule has 1 aliphatic rings. The van der Waals surface area contributed by atoms with Crippen molar-refractivity contribution < 1.29 is 4.39 Å². The van der Waals surface area contributed by atoms with Crippen LogP contribution in [0.1, 0.15) is 13.3 Å². The van der Waals surface area contributed by atoms with Crippen LogP contribution in [0, 0.1) is 5.82 Å². The van der Waals surface area contributed by atoms with Gasteiger partial charge in [-0.05, 0) is 25.5 Å². The van der Waals surface area contributed by atoms with Crippen molar-refractivity contribution in [3.05, 3.63) is 36.7 Å². The van der Waals surface area contributed by atoms with E-state index < -0.39 is 0 Å². The van der Waals surface area contributed by atoms with Crippen LogP contribution in [0.2, 0.25) is 0 Å². The van der Waals surface area contributed by atoms with Crippen molar-refractivity contribution in [1.29, 1.82) is 0 Å². The predicted octanol–water partition coefficient (Wildman–Crippen LogP) is 1.14. The van der Waals surface area contributed by atoms with Crippen LogP contribution in [0.25, 0.3) is 11.0 Å². The van der Waals surface area contributed by atoms with Crippen LogP contribution in [0.15, 0.2) is 35.8 Å². The molecule has 0 spiro atoms. The SMILES string of the molecule is CCNC(=NCCNc1ncnc2c1cnn2C)NC1CCN(c2ncccc2F)C1. The molecule has 10 nitrogen and oxygen atoms in total. The molecule has 0 amide bonds. The van der Waals surface area contributed by atoms with E-state index in [2.05, 4.69) is 41.0 Å². The highest BCUT2D eigenvalue weighted by Crippen LogP contribution is 2.21. The normalized spacial score (nSPS) is 16.7. The number of aliphatic imine (C=N–C) groups is 1. The van der Waals surface area contributed by atoms with Crippen LogP contribution in [-0.2, 0) is 7.05 Å². The number of fused-ring (bicyclic) bond motifs is 1. The Hall–Kier alpha value is -3.50. The summed E-state index contributed by atoms with van der Waals surface area (Å²) in [4.78, 5) is 19.3. The molecular weight excluding hydrogens is 399 g/mol. The maximum absolute atomic E-state index is 14.0. The van der Waals surface area contributed by atoms with Crippen LogP contribution in [0.3, 0.4) is 0 Å². The minimum absolute atomic E-state index is 0.170. The summed E-state index contributed by atoms with van der Waals surface area (Å²) in [6.07, 6.45) is 5.79. The Kier molecular flexibility index (Phi) is 6.39. The molecule has 164 valence electrons. The monoisotopic (exact) mass is 426 g/mol. The number of hydrogen-bond acceptors (Lipinski definition) is 7. The smallest absolute Gasteiger partial charge is 0.191 e. The zero-order chi connectivity index (χ0) is 21.6. The number of aryl methyl sites for hydroxylation is 1. The van der Waals surface area contributed by atoms with Gasteiger partial charge in [0.05, 0.1) is 18.1 Å². The number of nitrogens with one attached hydrogen (secondary N) is 3. The van der Waals surface area contributed by atoms with Gasteiger partial charge in [0.25, 0.3) is 0 Å². The molecule has 0 saturated carbocycles. The first-order valence-corrected chi connectivity index (χ1v) is 10.4. The quantitative estimate of drug-likeness (QED) is 0.293. The summed E-state index contributed by atoms with van der Waals surface area (Å²) >= 11 is 0. The van der Waals surface area contributed by atoms with Crippen molar-refractivity contribution in [3.8, 4) is 0 Å². The Morgan fingerprint density at radius 3 is 3.06 bits per heavy atom. The molecule has 3 aromatic rings. The summed E-state index contributed by atoms with van der Waals surface area (Å²) < 4.78 is 15.7. The fourth-order valence-electron chi connectivity index (χ4n) is 3.64.